The highest BCUT2D eigenvalue weighted by molar-refractivity contribution is 6.30. The Morgan fingerprint density at radius 1 is 1.15 bits per heavy atom. The van der Waals surface area contributed by atoms with E-state index in [-0.39, 0.29) is 59.3 Å². The summed E-state index contributed by atoms with van der Waals surface area (Å²) in [6.07, 6.45) is 7.30. The Kier molecular flexibility index (Phi) is 7.84. The molecule has 4 aromatic rings. The molecule has 10 nitrogen and oxygen atoms in total. The zero-order chi connectivity index (χ0) is 32.2. The van der Waals surface area contributed by atoms with Gasteiger partial charge in [0.1, 0.15) is 34.1 Å². The van der Waals surface area contributed by atoms with Crippen LogP contribution in [-0.2, 0) is 16.8 Å². The summed E-state index contributed by atoms with van der Waals surface area (Å²) in [5.74, 6) is -1.12. The second kappa shape index (κ2) is 11.9. The first-order chi connectivity index (χ1) is 22.1. The van der Waals surface area contributed by atoms with E-state index in [0.717, 1.165) is 36.6 Å². The van der Waals surface area contributed by atoms with Crippen molar-refractivity contribution in [3.05, 3.63) is 70.3 Å². The molecule has 2 aromatic carbocycles. The predicted molar refractivity (Wildman–Crippen MR) is 169 cm³/mol. The third kappa shape index (κ3) is 6.13. The van der Waals surface area contributed by atoms with Crippen LogP contribution < -0.4 is 20.5 Å². The lowest BCUT2D eigenvalue weighted by atomic mass is 9.90. The van der Waals surface area contributed by atoms with Gasteiger partial charge < -0.3 is 25.6 Å². The van der Waals surface area contributed by atoms with Crippen LogP contribution in [0.1, 0.15) is 73.1 Å². The van der Waals surface area contributed by atoms with E-state index in [4.69, 9.17) is 36.9 Å². The molecule has 3 aliphatic rings. The number of halogens is 2. The molecule has 2 amide bonds. The maximum absolute atomic E-state index is 15.2. The van der Waals surface area contributed by atoms with E-state index in [2.05, 4.69) is 5.32 Å². The number of benzene rings is 2. The number of nitrogens with zero attached hydrogens (tertiary/aromatic N) is 3. The Balaban J connectivity index is 1.24. The van der Waals surface area contributed by atoms with Crippen LogP contribution in [0.25, 0.3) is 22.2 Å². The Bertz CT molecular complexity index is 1850. The van der Waals surface area contributed by atoms with E-state index < -0.39 is 23.2 Å². The molecule has 240 valence electrons. The van der Waals surface area contributed by atoms with Crippen LogP contribution in [0.4, 0.5) is 4.39 Å². The van der Waals surface area contributed by atoms with E-state index in [1.54, 1.807) is 25.1 Å². The number of fused-ring (bicyclic) bond motifs is 1. The first-order valence-corrected chi connectivity index (χ1v) is 16.1. The van der Waals surface area contributed by atoms with Crippen molar-refractivity contribution in [1.29, 1.82) is 0 Å². The molecule has 0 spiro atoms. The number of amides is 2. The fourth-order valence-electron chi connectivity index (χ4n) is 5.85. The highest BCUT2D eigenvalue weighted by atomic mass is 35.5. The van der Waals surface area contributed by atoms with E-state index in [1.807, 2.05) is 10.9 Å². The minimum Gasteiger partial charge on any atom is -0.491 e. The van der Waals surface area contributed by atoms with E-state index in [0.29, 0.717) is 35.8 Å². The largest absolute Gasteiger partial charge is 0.491 e. The number of hydrogen-bond donors (Lipinski definition) is 3. The summed E-state index contributed by atoms with van der Waals surface area (Å²) >= 11 is 6.23. The lowest BCUT2D eigenvalue weighted by molar-refractivity contribution is -0.117. The fraction of sp³-hybridized carbons (Fsp3) is 0.412. The molecule has 1 atom stereocenters. The van der Waals surface area contributed by atoms with Crippen molar-refractivity contribution < 1.29 is 28.6 Å². The highest BCUT2D eigenvalue weighted by Crippen LogP contribution is 2.47. The predicted octanol–water partition coefficient (Wildman–Crippen LogP) is 5.22. The average Bonchev–Trinajstić information content (AvgIpc) is 3.87. The van der Waals surface area contributed by atoms with Gasteiger partial charge in [-0.25, -0.2) is 9.37 Å². The first-order valence-electron chi connectivity index (χ1n) is 15.7. The van der Waals surface area contributed by atoms with Crippen LogP contribution in [0.15, 0.2) is 42.6 Å². The van der Waals surface area contributed by atoms with Gasteiger partial charge in [0.15, 0.2) is 0 Å². The third-order valence-corrected chi connectivity index (χ3v) is 8.93. The fourth-order valence-corrected chi connectivity index (χ4v) is 6.02. The van der Waals surface area contributed by atoms with Crippen molar-refractivity contribution in [2.24, 2.45) is 11.7 Å². The van der Waals surface area contributed by atoms with Gasteiger partial charge in [0.05, 0.1) is 37.4 Å². The molecule has 0 aliphatic heterocycles. The zero-order valence-electron chi connectivity index (χ0n) is 25.4. The molecule has 4 N–H and O–H groups in total. The minimum atomic E-state index is -1.63. The summed E-state index contributed by atoms with van der Waals surface area (Å²) in [6.45, 7) is 1.79. The summed E-state index contributed by atoms with van der Waals surface area (Å²) in [4.78, 5) is 30.5. The third-order valence-electron chi connectivity index (χ3n) is 8.69. The van der Waals surface area contributed by atoms with Crippen LogP contribution in [0, 0.1) is 11.7 Å². The molecule has 7 rings (SSSR count). The van der Waals surface area contributed by atoms with Crippen LogP contribution in [0.3, 0.4) is 0 Å². The van der Waals surface area contributed by atoms with Gasteiger partial charge in [0.2, 0.25) is 5.91 Å². The molecule has 0 saturated heterocycles. The quantitative estimate of drug-likeness (QED) is 0.181. The normalized spacial score (nSPS) is 17.5. The molecule has 2 aromatic heterocycles. The van der Waals surface area contributed by atoms with Crippen molar-refractivity contribution in [3.63, 3.8) is 0 Å². The number of pyridine rings is 1. The van der Waals surface area contributed by atoms with Crippen molar-refractivity contribution in [3.8, 4) is 22.8 Å². The molecule has 3 aliphatic carbocycles. The summed E-state index contributed by atoms with van der Waals surface area (Å²) in [7, 11) is 0. The van der Waals surface area contributed by atoms with Crippen LogP contribution in [0.2, 0.25) is 5.02 Å². The van der Waals surface area contributed by atoms with Gasteiger partial charge in [0, 0.05) is 33.3 Å². The van der Waals surface area contributed by atoms with Gasteiger partial charge in [-0.1, -0.05) is 11.6 Å². The molecule has 3 saturated carbocycles. The van der Waals surface area contributed by atoms with Crippen molar-refractivity contribution in [1.82, 2.24) is 20.1 Å². The summed E-state index contributed by atoms with van der Waals surface area (Å²) < 4.78 is 29.2. The van der Waals surface area contributed by atoms with Gasteiger partial charge in [-0.3, -0.25) is 14.3 Å². The van der Waals surface area contributed by atoms with Crippen molar-refractivity contribution in [2.75, 3.05) is 13.2 Å². The number of hydrogen-bond acceptors (Lipinski definition) is 7. The Morgan fingerprint density at radius 2 is 1.93 bits per heavy atom. The number of carbonyl (C=O) groups is 2. The summed E-state index contributed by atoms with van der Waals surface area (Å²) in [5.41, 5.74) is 5.71. The number of aliphatic hydroxyl groups is 1. The lowest BCUT2D eigenvalue weighted by Gasteiger charge is -2.30. The monoisotopic (exact) mass is 647 g/mol. The van der Waals surface area contributed by atoms with Gasteiger partial charge in [-0.05, 0) is 87.8 Å². The molecule has 12 heteroatoms. The van der Waals surface area contributed by atoms with Crippen LogP contribution in [-0.4, -0.2) is 50.9 Å². The SMILES string of the molecule is CCOc1c(CC(N)=O)cc([C@@](O)(CNC(=O)c2cc(OC3CC3)c3nn(C4CC4)cc3c2)C2CC2)nc1-c1cc(Cl)ccc1F. The van der Waals surface area contributed by atoms with Gasteiger partial charge >= 0.3 is 0 Å². The van der Waals surface area contributed by atoms with E-state index in [1.165, 1.54) is 18.2 Å². The molecule has 2 heterocycles. The van der Waals surface area contributed by atoms with Crippen molar-refractivity contribution >= 4 is 34.3 Å². The second-order valence-electron chi connectivity index (χ2n) is 12.5. The Hall–Kier alpha value is -4.22. The summed E-state index contributed by atoms with van der Waals surface area (Å²) in [5, 5.41) is 21.0. The maximum atomic E-state index is 15.2. The Labute approximate surface area is 270 Å². The molecule has 0 unspecified atom stereocenters. The second-order valence-corrected chi connectivity index (χ2v) is 12.9. The number of carbonyl (C=O) groups excluding carboxylic acids is 2. The van der Waals surface area contributed by atoms with E-state index in [9.17, 15) is 14.7 Å². The zero-order valence-corrected chi connectivity index (χ0v) is 26.1. The minimum absolute atomic E-state index is 0.0499. The van der Waals surface area contributed by atoms with Crippen LogP contribution in [0.5, 0.6) is 11.5 Å². The van der Waals surface area contributed by atoms with Gasteiger partial charge in [-0.2, -0.15) is 5.10 Å². The molecule has 0 bridgehead atoms. The smallest absolute Gasteiger partial charge is 0.251 e. The van der Waals surface area contributed by atoms with E-state index >= 15 is 4.39 Å². The average molecular weight is 648 g/mol. The summed E-state index contributed by atoms with van der Waals surface area (Å²) in [6, 6.07) is 9.48. The molecule has 3 fully saturated rings. The number of rotatable bonds is 13. The number of nitrogens with one attached hydrogen (secondary N) is 1. The maximum Gasteiger partial charge on any atom is 0.251 e. The Morgan fingerprint density at radius 3 is 2.61 bits per heavy atom. The molecular formula is C34H35ClFN5O5. The molecule has 0 radical (unpaired) electrons. The molecule has 46 heavy (non-hydrogen) atoms. The first kappa shape index (κ1) is 30.4. The highest BCUT2D eigenvalue weighted by Gasteiger charge is 2.47. The van der Waals surface area contributed by atoms with Gasteiger partial charge in [-0.15, -0.1) is 0 Å². The number of aromatic nitrogens is 3. The number of nitrogens with two attached hydrogens (primary N) is 1. The van der Waals surface area contributed by atoms with Crippen LogP contribution >= 0.6 is 11.6 Å². The number of ether oxygens (including phenoxy) is 2. The standard InChI is InChI=1S/C34H35ClFN5O5/c1-2-45-32-18(14-29(37)42)13-28(39-31(32)25-15-22(35)5-10-26(25)36)34(44,21-3-4-21)17-38-33(43)19-11-20-16-41(23-6-7-23)40-30(20)27(12-19)46-24-8-9-24/h5,10-13,15-16,21,23-24,44H,2-4,6-9,14,17H2,1H3,(H2,37,42)(H,38,43)/t34-/m1/s1. The molecular weight excluding hydrogens is 613 g/mol. The topological polar surface area (TPSA) is 142 Å². The number of primary amides is 1. The lowest BCUT2D eigenvalue weighted by Crippen LogP contribution is -2.43. The van der Waals surface area contributed by atoms with Crippen molar-refractivity contribution in [2.45, 2.75) is 69.6 Å². The van der Waals surface area contributed by atoms with Gasteiger partial charge in [0.25, 0.3) is 5.91 Å².